The van der Waals surface area contributed by atoms with Crippen molar-refractivity contribution in [2.24, 2.45) is 0 Å². The second-order valence-corrected chi connectivity index (χ2v) is 16.8. The zero-order valence-electron chi connectivity index (χ0n) is 34.8. The zero-order valence-corrected chi connectivity index (χ0v) is 34.8. The Labute approximate surface area is 372 Å². The third kappa shape index (κ3) is 5.47. The van der Waals surface area contributed by atoms with Gasteiger partial charge in [-0.2, -0.15) is 0 Å². The Kier molecular flexibility index (Phi) is 8.13. The number of rotatable bonds is 6. The zero-order chi connectivity index (χ0) is 42.2. The number of anilines is 3. The topological polar surface area (TPSA) is 21.7 Å². The van der Waals surface area contributed by atoms with Gasteiger partial charge in [0.1, 0.15) is 0 Å². The van der Waals surface area contributed by atoms with E-state index in [4.69, 9.17) is 9.47 Å². The van der Waals surface area contributed by atoms with E-state index in [2.05, 4.69) is 241 Å². The fourth-order valence-corrected chi connectivity index (χ4v) is 10.5. The third-order valence-electron chi connectivity index (χ3n) is 13.3. The van der Waals surface area contributed by atoms with E-state index < -0.39 is 5.41 Å². The van der Waals surface area contributed by atoms with Crippen LogP contribution in [0.15, 0.2) is 237 Å². The van der Waals surface area contributed by atoms with Gasteiger partial charge in [0.15, 0.2) is 23.0 Å². The molecular formula is C61H39NO2. The van der Waals surface area contributed by atoms with E-state index in [1.807, 2.05) is 0 Å². The molecule has 1 aliphatic heterocycles. The Balaban J connectivity index is 0.911. The van der Waals surface area contributed by atoms with E-state index in [-0.39, 0.29) is 0 Å². The predicted octanol–water partition coefficient (Wildman–Crippen LogP) is 16.4. The number of benzene rings is 10. The highest BCUT2D eigenvalue weighted by Crippen LogP contribution is 2.67. The molecule has 0 amide bonds. The SMILES string of the molecule is c1ccc(-c2ccc(-c3ccc(N(c4cccc(-c5ccccc5)c4)c4ccc5c(c4)Oc4ccc6c(c4O5)C4(c5ccccc5-c5ccccc54)c4ccccc4-6)cc3)cc2)cc1. The first-order chi connectivity index (χ1) is 31.7. The average molecular weight is 818 g/mol. The molecule has 0 atom stereocenters. The van der Waals surface area contributed by atoms with Crippen LogP contribution >= 0.6 is 0 Å². The summed E-state index contributed by atoms with van der Waals surface area (Å²) in [4.78, 5) is 2.30. The lowest BCUT2D eigenvalue weighted by Crippen LogP contribution is -2.26. The molecule has 1 spiro atoms. The lowest BCUT2D eigenvalue weighted by molar-refractivity contribution is 0.355. The van der Waals surface area contributed by atoms with Crippen LogP contribution in [0.5, 0.6) is 23.0 Å². The summed E-state index contributed by atoms with van der Waals surface area (Å²) in [6.07, 6.45) is 0. The van der Waals surface area contributed by atoms with E-state index in [1.54, 1.807) is 0 Å². The van der Waals surface area contributed by atoms with Gasteiger partial charge in [-0.25, -0.2) is 0 Å². The van der Waals surface area contributed by atoms with E-state index in [0.717, 1.165) is 45.1 Å². The largest absolute Gasteiger partial charge is 0.449 e. The number of fused-ring (bicyclic) bond motifs is 13. The summed E-state index contributed by atoms with van der Waals surface area (Å²) in [6.45, 7) is 0. The van der Waals surface area contributed by atoms with Crippen molar-refractivity contribution in [3.05, 3.63) is 259 Å². The fraction of sp³-hybridized carbons (Fsp3) is 0.0164. The van der Waals surface area contributed by atoms with Gasteiger partial charge in [0, 0.05) is 23.0 Å². The molecule has 0 radical (unpaired) electrons. The van der Waals surface area contributed by atoms with Crippen LogP contribution in [0, 0.1) is 0 Å². The molecule has 3 aliphatic rings. The van der Waals surface area contributed by atoms with Crippen molar-refractivity contribution >= 4 is 17.1 Å². The maximum Gasteiger partial charge on any atom is 0.175 e. The molecule has 2 aliphatic carbocycles. The molecule has 0 fully saturated rings. The first-order valence-corrected chi connectivity index (χ1v) is 21.9. The van der Waals surface area contributed by atoms with Gasteiger partial charge >= 0.3 is 0 Å². The van der Waals surface area contributed by atoms with Gasteiger partial charge < -0.3 is 14.4 Å². The summed E-state index contributed by atoms with van der Waals surface area (Å²) in [5.41, 5.74) is 19.4. The second kappa shape index (κ2) is 14.3. The Morgan fingerprint density at radius 1 is 0.281 bits per heavy atom. The minimum Gasteiger partial charge on any atom is -0.449 e. The molecule has 0 saturated carbocycles. The minimum atomic E-state index is -0.554. The molecule has 3 heteroatoms. The van der Waals surface area contributed by atoms with Gasteiger partial charge in [-0.3, -0.25) is 0 Å². The fourth-order valence-electron chi connectivity index (χ4n) is 10.5. The molecule has 300 valence electrons. The molecule has 10 aromatic carbocycles. The summed E-state index contributed by atoms with van der Waals surface area (Å²) in [5, 5.41) is 0. The Hall–Kier alpha value is -8.40. The first kappa shape index (κ1) is 36.3. The number of nitrogens with zero attached hydrogens (tertiary/aromatic N) is 1. The molecule has 0 aromatic heterocycles. The van der Waals surface area contributed by atoms with Crippen LogP contribution < -0.4 is 14.4 Å². The Morgan fingerprint density at radius 3 is 1.34 bits per heavy atom. The molecular weight excluding hydrogens is 779 g/mol. The Bertz CT molecular complexity index is 3370. The molecule has 0 bridgehead atoms. The van der Waals surface area contributed by atoms with Crippen molar-refractivity contribution < 1.29 is 9.47 Å². The van der Waals surface area contributed by atoms with Crippen molar-refractivity contribution in [1.82, 2.24) is 0 Å². The molecule has 1 heterocycles. The van der Waals surface area contributed by atoms with Crippen molar-refractivity contribution in [1.29, 1.82) is 0 Å². The molecule has 0 unspecified atom stereocenters. The number of hydrogen-bond donors (Lipinski definition) is 0. The summed E-state index contributed by atoms with van der Waals surface area (Å²) in [5.74, 6) is 2.82. The highest BCUT2D eigenvalue weighted by molar-refractivity contribution is 5.97. The second-order valence-electron chi connectivity index (χ2n) is 16.8. The summed E-state index contributed by atoms with van der Waals surface area (Å²) < 4.78 is 14.2. The van der Waals surface area contributed by atoms with Gasteiger partial charge in [-0.05, 0) is 115 Å². The van der Waals surface area contributed by atoms with Crippen LogP contribution in [0.25, 0.3) is 55.6 Å². The summed E-state index contributed by atoms with van der Waals surface area (Å²) in [7, 11) is 0. The molecule has 0 saturated heterocycles. The van der Waals surface area contributed by atoms with Gasteiger partial charge in [0.25, 0.3) is 0 Å². The molecule has 64 heavy (non-hydrogen) atoms. The van der Waals surface area contributed by atoms with Gasteiger partial charge in [-0.1, -0.05) is 188 Å². The number of hydrogen-bond acceptors (Lipinski definition) is 3. The van der Waals surface area contributed by atoms with Gasteiger partial charge in [0.2, 0.25) is 0 Å². The lowest BCUT2D eigenvalue weighted by Gasteiger charge is -2.33. The van der Waals surface area contributed by atoms with Crippen molar-refractivity contribution in [3.8, 4) is 78.6 Å². The van der Waals surface area contributed by atoms with E-state index in [0.29, 0.717) is 17.2 Å². The predicted molar refractivity (Wildman–Crippen MR) is 260 cm³/mol. The van der Waals surface area contributed by atoms with Crippen LogP contribution in [-0.4, -0.2) is 0 Å². The maximum absolute atomic E-state index is 7.15. The highest BCUT2D eigenvalue weighted by atomic mass is 16.6. The van der Waals surface area contributed by atoms with Crippen molar-refractivity contribution in [2.45, 2.75) is 5.41 Å². The van der Waals surface area contributed by atoms with Crippen LogP contribution in [-0.2, 0) is 5.41 Å². The quantitative estimate of drug-likeness (QED) is 0.167. The van der Waals surface area contributed by atoms with Gasteiger partial charge in [0.05, 0.1) is 11.1 Å². The third-order valence-corrected chi connectivity index (χ3v) is 13.3. The molecule has 10 aromatic rings. The summed E-state index contributed by atoms with van der Waals surface area (Å²) >= 11 is 0. The average Bonchev–Trinajstić information content (AvgIpc) is 3.84. The maximum atomic E-state index is 7.15. The van der Waals surface area contributed by atoms with E-state index in [1.165, 1.54) is 55.6 Å². The normalized spacial score (nSPS) is 13.1. The lowest BCUT2D eigenvalue weighted by atomic mass is 9.70. The smallest absolute Gasteiger partial charge is 0.175 e. The van der Waals surface area contributed by atoms with E-state index >= 15 is 0 Å². The monoisotopic (exact) mass is 817 g/mol. The summed E-state index contributed by atoms with van der Waals surface area (Å²) in [6, 6.07) is 84.6. The Morgan fingerprint density at radius 2 is 0.734 bits per heavy atom. The van der Waals surface area contributed by atoms with Crippen LogP contribution in [0.4, 0.5) is 17.1 Å². The van der Waals surface area contributed by atoms with Crippen LogP contribution in [0.3, 0.4) is 0 Å². The standard InChI is InChI=1S/C61H39NO2/c1-3-14-40(15-4-1)42-26-28-43(29-27-42)44-30-32-46(33-31-44)62(47-19-13-18-45(38-47)41-16-5-2-6-17-41)48-34-36-56-58(39-48)63-57-37-35-52-51-22-9-12-25-55(51)61(59(52)60(57)64-56)53-23-10-7-20-49(53)50-21-8-11-24-54(50)61/h1-39H. The van der Waals surface area contributed by atoms with Crippen LogP contribution in [0.1, 0.15) is 22.3 Å². The molecule has 0 N–H and O–H groups in total. The van der Waals surface area contributed by atoms with Crippen LogP contribution in [0.2, 0.25) is 0 Å². The van der Waals surface area contributed by atoms with Gasteiger partial charge in [-0.15, -0.1) is 0 Å². The highest BCUT2D eigenvalue weighted by Gasteiger charge is 2.54. The molecule has 3 nitrogen and oxygen atoms in total. The first-order valence-electron chi connectivity index (χ1n) is 21.9. The van der Waals surface area contributed by atoms with Crippen molar-refractivity contribution in [3.63, 3.8) is 0 Å². The minimum absolute atomic E-state index is 0.554. The molecule has 13 rings (SSSR count). The van der Waals surface area contributed by atoms with E-state index in [9.17, 15) is 0 Å². The number of ether oxygens (including phenoxy) is 2. The van der Waals surface area contributed by atoms with Crippen molar-refractivity contribution in [2.75, 3.05) is 4.90 Å².